The number of rotatable bonds is 3. The topological polar surface area (TPSA) is 89.1 Å². The summed E-state index contributed by atoms with van der Waals surface area (Å²) in [4.78, 5) is 20.2. The van der Waals surface area contributed by atoms with Gasteiger partial charge in [0.05, 0.1) is 0 Å². The van der Waals surface area contributed by atoms with Crippen molar-refractivity contribution in [2.24, 2.45) is 5.73 Å². The maximum Gasteiger partial charge on any atom is 0.323 e. The minimum absolute atomic E-state index is 0.173. The van der Waals surface area contributed by atoms with Crippen LogP contribution >= 0.6 is 11.8 Å². The van der Waals surface area contributed by atoms with Crippen molar-refractivity contribution in [3.05, 3.63) is 17.0 Å². The predicted molar refractivity (Wildman–Crippen MR) is 78.9 cm³/mol. The number of aryl methyl sites for hydroxylation is 2. The number of hydrogen-bond donors (Lipinski definition) is 2. The van der Waals surface area contributed by atoms with E-state index in [-0.39, 0.29) is 5.25 Å². The SMILES string of the molecule is Cc1nc(SC2CCCC(N)(C(=O)O)C2)nc(C)c1C. The van der Waals surface area contributed by atoms with Crippen LogP contribution in [0.2, 0.25) is 0 Å². The molecule has 1 aromatic heterocycles. The van der Waals surface area contributed by atoms with Crippen LogP contribution < -0.4 is 5.73 Å². The van der Waals surface area contributed by atoms with E-state index >= 15 is 0 Å². The highest BCUT2D eigenvalue weighted by Gasteiger charge is 2.39. The Kier molecular flexibility index (Phi) is 4.34. The highest BCUT2D eigenvalue weighted by Crippen LogP contribution is 2.36. The van der Waals surface area contributed by atoms with Crippen molar-refractivity contribution in [1.29, 1.82) is 0 Å². The minimum Gasteiger partial charge on any atom is -0.480 e. The lowest BCUT2D eigenvalue weighted by atomic mass is 9.82. The molecule has 0 radical (unpaired) electrons. The van der Waals surface area contributed by atoms with Gasteiger partial charge in [0.2, 0.25) is 0 Å². The summed E-state index contributed by atoms with van der Waals surface area (Å²) >= 11 is 1.56. The number of carboxylic acid groups (broad SMARTS) is 1. The molecular weight excluding hydrogens is 274 g/mol. The number of hydrogen-bond acceptors (Lipinski definition) is 5. The third kappa shape index (κ3) is 3.12. The third-order valence-electron chi connectivity index (χ3n) is 4.05. The summed E-state index contributed by atoms with van der Waals surface area (Å²) in [6.07, 6.45) is 2.82. The first kappa shape index (κ1) is 15.3. The molecule has 0 spiro atoms. The second-order valence-electron chi connectivity index (χ2n) is 5.60. The Morgan fingerprint density at radius 1 is 1.35 bits per heavy atom. The quantitative estimate of drug-likeness (QED) is 0.831. The van der Waals surface area contributed by atoms with Crippen molar-refractivity contribution in [2.45, 2.75) is 62.4 Å². The molecule has 0 aliphatic heterocycles. The van der Waals surface area contributed by atoms with E-state index in [0.717, 1.165) is 34.9 Å². The maximum atomic E-state index is 11.3. The fourth-order valence-corrected chi connectivity index (χ4v) is 3.84. The average Bonchev–Trinajstić information content (AvgIpc) is 2.36. The summed E-state index contributed by atoms with van der Waals surface area (Å²) in [5.41, 5.74) is 7.95. The normalized spacial score (nSPS) is 26.5. The molecule has 2 unspecified atom stereocenters. The summed E-state index contributed by atoms with van der Waals surface area (Å²) in [5.74, 6) is -0.903. The van der Waals surface area contributed by atoms with Crippen LogP contribution in [0.3, 0.4) is 0 Å². The molecule has 2 atom stereocenters. The number of aromatic nitrogens is 2. The monoisotopic (exact) mass is 295 g/mol. The molecule has 0 amide bonds. The van der Waals surface area contributed by atoms with E-state index in [4.69, 9.17) is 5.73 Å². The number of nitrogens with zero attached hydrogens (tertiary/aromatic N) is 2. The summed E-state index contributed by atoms with van der Waals surface area (Å²) in [5, 5.41) is 10.1. The lowest BCUT2D eigenvalue weighted by molar-refractivity contribution is -0.144. The van der Waals surface area contributed by atoms with Gasteiger partial charge >= 0.3 is 5.97 Å². The number of carboxylic acids is 1. The molecule has 1 saturated carbocycles. The molecule has 1 aliphatic rings. The van der Waals surface area contributed by atoms with Crippen LogP contribution in [0.5, 0.6) is 0 Å². The Hall–Kier alpha value is -1.14. The fourth-order valence-electron chi connectivity index (χ4n) is 2.49. The Balaban J connectivity index is 2.12. The molecule has 1 aromatic rings. The van der Waals surface area contributed by atoms with E-state index < -0.39 is 11.5 Å². The Labute approximate surface area is 123 Å². The molecule has 110 valence electrons. The van der Waals surface area contributed by atoms with E-state index in [2.05, 4.69) is 9.97 Å². The van der Waals surface area contributed by atoms with Crippen LogP contribution in [-0.4, -0.2) is 31.8 Å². The fraction of sp³-hybridized carbons (Fsp3) is 0.643. The first-order valence-corrected chi connectivity index (χ1v) is 7.70. The molecule has 2 rings (SSSR count). The van der Waals surface area contributed by atoms with Crippen molar-refractivity contribution < 1.29 is 9.90 Å². The van der Waals surface area contributed by atoms with Crippen LogP contribution in [0.15, 0.2) is 5.16 Å². The van der Waals surface area contributed by atoms with Crippen molar-refractivity contribution in [3.63, 3.8) is 0 Å². The second kappa shape index (κ2) is 5.69. The molecule has 0 saturated heterocycles. The first-order chi connectivity index (χ1) is 9.32. The number of carbonyl (C=O) groups is 1. The maximum absolute atomic E-state index is 11.3. The van der Waals surface area contributed by atoms with E-state index in [9.17, 15) is 9.90 Å². The van der Waals surface area contributed by atoms with Gasteiger partial charge < -0.3 is 10.8 Å². The van der Waals surface area contributed by atoms with Crippen LogP contribution in [-0.2, 0) is 4.79 Å². The summed E-state index contributed by atoms with van der Waals surface area (Å²) in [7, 11) is 0. The van der Waals surface area contributed by atoms with Crippen LogP contribution in [0.25, 0.3) is 0 Å². The lowest BCUT2D eigenvalue weighted by Gasteiger charge is -2.33. The highest BCUT2D eigenvalue weighted by molar-refractivity contribution is 7.99. The first-order valence-electron chi connectivity index (χ1n) is 6.82. The smallest absolute Gasteiger partial charge is 0.323 e. The van der Waals surface area contributed by atoms with Gasteiger partial charge in [0.25, 0.3) is 0 Å². The average molecular weight is 295 g/mol. The number of aliphatic carboxylic acids is 1. The molecule has 0 aromatic carbocycles. The standard InChI is InChI=1S/C14H21N3O2S/c1-8-9(2)16-13(17-10(8)3)20-11-5-4-6-14(15,7-11)12(18)19/h11H,4-7,15H2,1-3H3,(H,18,19). The Morgan fingerprint density at radius 3 is 2.50 bits per heavy atom. The summed E-state index contributed by atoms with van der Waals surface area (Å²) in [6.45, 7) is 5.95. The van der Waals surface area contributed by atoms with Gasteiger partial charge in [-0.3, -0.25) is 4.79 Å². The van der Waals surface area contributed by atoms with Crippen LogP contribution in [0.4, 0.5) is 0 Å². The minimum atomic E-state index is -1.09. The van der Waals surface area contributed by atoms with Gasteiger partial charge in [0.15, 0.2) is 5.16 Å². The highest BCUT2D eigenvalue weighted by atomic mass is 32.2. The van der Waals surface area contributed by atoms with Crippen molar-refractivity contribution in [3.8, 4) is 0 Å². The molecule has 1 heterocycles. The van der Waals surface area contributed by atoms with E-state index in [0.29, 0.717) is 12.8 Å². The largest absolute Gasteiger partial charge is 0.480 e. The van der Waals surface area contributed by atoms with E-state index in [1.807, 2.05) is 20.8 Å². The van der Waals surface area contributed by atoms with Gasteiger partial charge in [-0.2, -0.15) is 0 Å². The van der Waals surface area contributed by atoms with Gasteiger partial charge in [0, 0.05) is 16.6 Å². The van der Waals surface area contributed by atoms with Gasteiger partial charge in [-0.25, -0.2) is 9.97 Å². The Morgan fingerprint density at radius 2 is 1.95 bits per heavy atom. The molecular formula is C14H21N3O2S. The molecule has 3 N–H and O–H groups in total. The third-order valence-corrected chi connectivity index (χ3v) is 5.18. The number of nitrogens with two attached hydrogens (primary N) is 1. The molecule has 1 aliphatic carbocycles. The van der Waals surface area contributed by atoms with Crippen molar-refractivity contribution in [1.82, 2.24) is 9.97 Å². The molecule has 6 heteroatoms. The lowest BCUT2D eigenvalue weighted by Crippen LogP contribution is -2.51. The molecule has 0 bridgehead atoms. The molecule has 20 heavy (non-hydrogen) atoms. The van der Waals surface area contributed by atoms with E-state index in [1.165, 1.54) is 0 Å². The van der Waals surface area contributed by atoms with Gasteiger partial charge in [-0.05, 0) is 52.0 Å². The zero-order valence-electron chi connectivity index (χ0n) is 12.1. The second-order valence-corrected chi connectivity index (χ2v) is 6.87. The van der Waals surface area contributed by atoms with Crippen molar-refractivity contribution in [2.75, 3.05) is 0 Å². The zero-order chi connectivity index (χ0) is 14.9. The van der Waals surface area contributed by atoms with Gasteiger partial charge in [-0.1, -0.05) is 11.8 Å². The number of thioether (sulfide) groups is 1. The zero-order valence-corrected chi connectivity index (χ0v) is 13.0. The van der Waals surface area contributed by atoms with E-state index in [1.54, 1.807) is 11.8 Å². The summed E-state index contributed by atoms with van der Waals surface area (Å²) in [6, 6.07) is 0. The van der Waals surface area contributed by atoms with Crippen molar-refractivity contribution >= 4 is 17.7 Å². The Bertz CT molecular complexity index is 512. The predicted octanol–water partition coefficient (Wildman–Crippen LogP) is 2.22. The van der Waals surface area contributed by atoms with Gasteiger partial charge in [0.1, 0.15) is 5.54 Å². The van der Waals surface area contributed by atoms with Crippen LogP contribution in [0, 0.1) is 20.8 Å². The van der Waals surface area contributed by atoms with Crippen LogP contribution in [0.1, 0.15) is 42.6 Å². The summed E-state index contributed by atoms with van der Waals surface area (Å²) < 4.78 is 0. The molecule has 5 nitrogen and oxygen atoms in total. The van der Waals surface area contributed by atoms with Gasteiger partial charge in [-0.15, -0.1) is 0 Å². The molecule has 1 fully saturated rings.